The van der Waals surface area contributed by atoms with Gasteiger partial charge in [0, 0.05) is 46.3 Å². The molecule has 140 valence electrons. The molecule has 0 spiro atoms. The van der Waals surface area contributed by atoms with E-state index in [-0.39, 0.29) is 0 Å². The third-order valence-corrected chi connectivity index (χ3v) is 4.32. The summed E-state index contributed by atoms with van der Waals surface area (Å²) in [6.45, 7) is 16.0. The van der Waals surface area contributed by atoms with Crippen LogP contribution in [0.4, 0.5) is 0 Å². The minimum Gasteiger partial charge on any atom is -0.379 e. The van der Waals surface area contributed by atoms with Crippen LogP contribution >= 0.6 is 0 Å². The van der Waals surface area contributed by atoms with Gasteiger partial charge in [-0.15, -0.1) is 6.58 Å². The molecule has 5 heteroatoms. The fraction of sp³-hybridized carbons (Fsp3) is 0.842. The second kappa shape index (κ2) is 13.2. The van der Waals surface area contributed by atoms with Gasteiger partial charge in [0.15, 0.2) is 5.96 Å². The molecule has 0 bridgehead atoms. The second-order valence-electron chi connectivity index (χ2n) is 6.77. The zero-order valence-electron chi connectivity index (χ0n) is 16.1. The lowest BCUT2D eigenvalue weighted by Crippen LogP contribution is -2.41. The zero-order chi connectivity index (χ0) is 17.6. The van der Waals surface area contributed by atoms with Crippen LogP contribution in [0.25, 0.3) is 0 Å². The van der Waals surface area contributed by atoms with Gasteiger partial charge in [-0.05, 0) is 32.1 Å². The molecular formula is C19H38N4O. The van der Waals surface area contributed by atoms with Gasteiger partial charge < -0.3 is 15.0 Å². The molecule has 0 radical (unpaired) electrons. The van der Waals surface area contributed by atoms with Crippen LogP contribution in [0.3, 0.4) is 0 Å². The molecule has 1 N–H and O–H groups in total. The van der Waals surface area contributed by atoms with Crippen molar-refractivity contribution in [1.82, 2.24) is 15.1 Å². The summed E-state index contributed by atoms with van der Waals surface area (Å²) in [4.78, 5) is 9.60. The highest BCUT2D eigenvalue weighted by Gasteiger charge is 2.14. The topological polar surface area (TPSA) is 40.1 Å². The van der Waals surface area contributed by atoms with E-state index in [4.69, 9.17) is 9.73 Å². The number of allylic oxidation sites excluding steroid dienone is 1. The number of morpholine rings is 1. The van der Waals surface area contributed by atoms with Gasteiger partial charge >= 0.3 is 0 Å². The average molecular weight is 339 g/mol. The molecule has 1 rings (SSSR count). The smallest absolute Gasteiger partial charge is 0.193 e. The van der Waals surface area contributed by atoms with Crippen LogP contribution < -0.4 is 5.32 Å². The molecular weight excluding hydrogens is 300 g/mol. The summed E-state index contributed by atoms with van der Waals surface area (Å²) >= 11 is 0. The van der Waals surface area contributed by atoms with E-state index >= 15 is 0 Å². The van der Waals surface area contributed by atoms with Crippen LogP contribution in [0.15, 0.2) is 17.6 Å². The summed E-state index contributed by atoms with van der Waals surface area (Å²) in [5, 5.41) is 3.42. The molecule has 1 aliphatic rings. The summed E-state index contributed by atoms with van der Waals surface area (Å²) in [5.41, 5.74) is 0. The maximum atomic E-state index is 5.41. The van der Waals surface area contributed by atoms with Crippen molar-refractivity contribution < 1.29 is 4.74 Å². The van der Waals surface area contributed by atoms with Crippen molar-refractivity contribution in [2.45, 2.75) is 39.5 Å². The number of nitrogens with zero attached hydrogens (tertiary/aromatic N) is 3. The summed E-state index contributed by atoms with van der Waals surface area (Å²) in [5.74, 6) is 1.60. The van der Waals surface area contributed by atoms with E-state index in [2.05, 4.69) is 42.6 Å². The number of rotatable bonds is 11. The SMILES string of the molecule is C=CCCCCCN(C)C(=NCC(C)CN1CCOCC1)NCC. The Morgan fingerprint density at radius 1 is 1.33 bits per heavy atom. The first kappa shape index (κ1) is 21.0. The number of hydrogen-bond donors (Lipinski definition) is 1. The van der Waals surface area contributed by atoms with Crippen LogP contribution in [-0.4, -0.2) is 75.3 Å². The molecule has 0 aliphatic carbocycles. The number of guanidine groups is 1. The maximum absolute atomic E-state index is 5.41. The number of aliphatic imine (C=N–C) groups is 1. The third kappa shape index (κ3) is 9.28. The molecule has 0 aromatic heterocycles. The van der Waals surface area contributed by atoms with E-state index < -0.39 is 0 Å². The minimum absolute atomic E-state index is 0.567. The van der Waals surface area contributed by atoms with E-state index in [1.54, 1.807) is 0 Å². The monoisotopic (exact) mass is 338 g/mol. The Morgan fingerprint density at radius 2 is 2.08 bits per heavy atom. The first-order chi connectivity index (χ1) is 11.7. The standard InChI is InChI=1S/C19H38N4O/c1-5-7-8-9-10-11-22(4)19(20-6-2)21-16-18(3)17-23-12-14-24-15-13-23/h5,18H,1,6-17H2,2-4H3,(H,20,21). The summed E-state index contributed by atoms with van der Waals surface area (Å²) in [7, 11) is 2.14. The second-order valence-corrected chi connectivity index (χ2v) is 6.77. The Morgan fingerprint density at radius 3 is 2.75 bits per heavy atom. The van der Waals surface area contributed by atoms with Gasteiger partial charge in [0.1, 0.15) is 0 Å². The van der Waals surface area contributed by atoms with E-state index in [1.807, 2.05) is 6.08 Å². The van der Waals surface area contributed by atoms with Gasteiger partial charge in [0.05, 0.1) is 13.2 Å². The number of hydrogen-bond acceptors (Lipinski definition) is 3. The van der Waals surface area contributed by atoms with Crippen LogP contribution in [-0.2, 0) is 4.74 Å². The van der Waals surface area contributed by atoms with Crippen molar-refractivity contribution in [3.05, 3.63) is 12.7 Å². The van der Waals surface area contributed by atoms with Crippen molar-refractivity contribution in [2.24, 2.45) is 10.9 Å². The van der Waals surface area contributed by atoms with E-state index in [0.717, 1.165) is 64.9 Å². The van der Waals surface area contributed by atoms with Gasteiger partial charge in [0.2, 0.25) is 0 Å². The van der Waals surface area contributed by atoms with Gasteiger partial charge in [-0.25, -0.2) is 0 Å². The van der Waals surface area contributed by atoms with Gasteiger partial charge in [0.25, 0.3) is 0 Å². The van der Waals surface area contributed by atoms with Gasteiger partial charge in [-0.1, -0.05) is 19.4 Å². The van der Waals surface area contributed by atoms with Crippen LogP contribution in [0, 0.1) is 5.92 Å². The van der Waals surface area contributed by atoms with E-state index in [9.17, 15) is 0 Å². The first-order valence-corrected chi connectivity index (χ1v) is 9.57. The fourth-order valence-corrected chi connectivity index (χ4v) is 2.91. The molecule has 1 atom stereocenters. The Bertz CT molecular complexity index is 353. The highest BCUT2D eigenvalue weighted by atomic mass is 16.5. The number of unbranched alkanes of at least 4 members (excludes halogenated alkanes) is 3. The van der Waals surface area contributed by atoms with Crippen molar-refractivity contribution in [3.8, 4) is 0 Å². The molecule has 1 saturated heterocycles. The molecule has 1 heterocycles. The third-order valence-electron chi connectivity index (χ3n) is 4.32. The van der Waals surface area contributed by atoms with Crippen molar-refractivity contribution >= 4 is 5.96 Å². The molecule has 1 fully saturated rings. The Hall–Kier alpha value is -1.07. The normalized spacial score (nSPS) is 17.5. The van der Waals surface area contributed by atoms with E-state index in [1.165, 1.54) is 19.3 Å². The number of ether oxygens (including phenoxy) is 1. The molecule has 0 aromatic carbocycles. The predicted molar refractivity (Wildman–Crippen MR) is 104 cm³/mol. The van der Waals surface area contributed by atoms with E-state index in [0.29, 0.717) is 5.92 Å². The van der Waals surface area contributed by atoms with Crippen LogP contribution in [0.1, 0.15) is 39.5 Å². The fourth-order valence-electron chi connectivity index (χ4n) is 2.91. The van der Waals surface area contributed by atoms with Crippen LogP contribution in [0.2, 0.25) is 0 Å². The van der Waals surface area contributed by atoms with Gasteiger partial charge in [-0.3, -0.25) is 9.89 Å². The highest BCUT2D eigenvalue weighted by molar-refractivity contribution is 5.79. The summed E-state index contributed by atoms with van der Waals surface area (Å²) in [6.07, 6.45) is 6.82. The minimum atomic E-state index is 0.567. The molecule has 0 saturated carbocycles. The zero-order valence-corrected chi connectivity index (χ0v) is 16.1. The number of nitrogens with one attached hydrogen (secondary N) is 1. The molecule has 1 unspecified atom stereocenters. The average Bonchev–Trinajstić information content (AvgIpc) is 2.59. The van der Waals surface area contributed by atoms with Crippen molar-refractivity contribution in [2.75, 3.05) is 59.5 Å². The predicted octanol–water partition coefficient (Wildman–Crippen LogP) is 2.60. The molecule has 1 aliphatic heterocycles. The van der Waals surface area contributed by atoms with Crippen molar-refractivity contribution in [3.63, 3.8) is 0 Å². The molecule has 24 heavy (non-hydrogen) atoms. The quantitative estimate of drug-likeness (QED) is 0.272. The summed E-state index contributed by atoms with van der Waals surface area (Å²) in [6, 6.07) is 0. The first-order valence-electron chi connectivity index (χ1n) is 9.57. The Kier molecular flexibility index (Phi) is 11.6. The van der Waals surface area contributed by atoms with Gasteiger partial charge in [-0.2, -0.15) is 0 Å². The lowest BCUT2D eigenvalue weighted by molar-refractivity contribution is 0.0323. The summed E-state index contributed by atoms with van der Waals surface area (Å²) < 4.78 is 5.41. The lowest BCUT2D eigenvalue weighted by Gasteiger charge is -2.29. The largest absolute Gasteiger partial charge is 0.379 e. The Balaban J connectivity index is 2.34. The van der Waals surface area contributed by atoms with Crippen molar-refractivity contribution in [1.29, 1.82) is 0 Å². The lowest BCUT2D eigenvalue weighted by atomic mass is 10.1. The maximum Gasteiger partial charge on any atom is 0.193 e. The molecule has 0 aromatic rings. The Labute approximate surface area is 149 Å². The van der Waals surface area contributed by atoms with Crippen LogP contribution in [0.5, 0.6) is 0 Å². The molecule has 5 nitrogen and oxygen atoms in total. The molecule has 0 amide bonds. The highest BCUT2D eigenvalue weighted by Crippen LogP contribution is 2.05.